The highest BCUT2D eigenvalue weighted by Gasteiger charge is 2.36. The Bertz CT molecular complexity index is 209. The van der Waals surface area contributed by atoms with E-state index in [2.05, 4.69) is 33.0 Å². The molecule has 1 unspecified atom stereocenters. The fourth-order valence-electron chi connectivity index (χ4n) is 3.19. The lowest BCUT2D eigenvalue weighted by Crippen LogP contribution is -2.47. The first-order chi connectivity index (χ1) is 8.65. The molecule has 0 aromatic rings. The third-order valence-electron chi connectivity index (χ3n) is 4.44. The van der Waals surface area contributed by atoms with E-state index in [9.17, 15) is 0 Å². The molecule has 2 nitrogen and oxygen atoms in total. The van der Waals surface area contributed by atoms with Crippen LogP contribution in [0, 0.1) is 5.92 Å². The second-order valence-corrected chi connectivity index (χ2v) is 6.03. The maximum absolute atomic E-state index is 6.45. The Balaban J connectivity index is 2.53. The van der Waals surface area contributed by atoms with Crippen molar-refractivity contribution in [3.63, 3.8) is 0 Å². The van der Waals surface area contributed by atoms with Crippen molar-refractivity contribution in [2.75, 3.05) is 13.1 Å². The summed E-state index contributed by atoms with van der Waals surface area (Å²) >= 11 is 0. The maximum Gasteiger partial charge on any atom is 0.0810 e. The van der Waals surface area contributed by atoms with Gasteiger partial charge in [-0.2, -0.15) is 0 Å². The van der Waals surface area contributed by atoms with Gasteiger partial charge in [-0.25, -0.2) is 0 Å². The lowest BCUT2D eigenvalue weighted by molar-refractivity contribution is -0.114. The lowest BCUT2D eigenvalue weighted by atomic mass is 9.77. The minimum absolute atomic E-state index is 0.121. The molecule has 0 bridgehead atoms. The van der Waals surface area contributed by atoms with Crippen LogP contribution >= 0.6 is 0 Å². The molecule has 0 amide bonds. The topological polar surface area (TPSA) is 21.3 Å². The first kappa shape index (κ1) is 16.0. The summed E-state index contributed by atoms with van der Waals surface area (Å²) in [5.41, 5.74) is 0.121. The van der Waals surface area contributed by atoms with Crippen LogP contribution in [0.15, 0.2) is 0 Å². The molecule has 1 rings (SSSR count). The molecular formula is C16H33NO. The van der Waals surface area contributed by atoms with Crippen molar-refractivity contribution in [1.82, 2.24) is 5.32 Å². The summed E-state index contributed by atoms with van der Waals surface area (Å²) in [5, 5.41) is 3.51. The second-order valence-electron chi connectivity index (χ2n) is 6.03. The summed E-state index contributed by atoms with van der Waals surface area (Å²) < 4.78 is 6.45. The van der Waals surface area contributed by atoms with Crippen LogP contribution in [0.4, 0.5) is 0 Å². The molecule has 1 aliphatic rings. The molecule has 0 saturated heterocycles. The van der Waals surface area contributed by atoms with Gasteiger partial charge in [0.2, 0.25) is 0 Å². The standard InChI is InChI=1S/C16H33NO/c1-5-8-14(4)18-16(13-17-7-3)11-9-15(6-2)10-12-16/h14-15,17H,5-13H2,1-4H3. The molecule has 0 aromatic carbocycles. The van der Waals surface area contributed by atoms with Gasteiger partial charge in [0.15, 0.2) is 0 Å². The zero-order valence-electron chi connectivity index (χ0n) is 12.9. The predicted molar refractivity (Wildman–Crippen MR) is 79.0 cm³/mol. The van der Waals surface area contributed by atoms with Gasteiger partial charge in [0.05, 0.1) is 11.7 Å². The highest BCUT2D eigenvalue weighted by atomic mass is 16.5. The SMILES string of the molecule is CCCC(C)OC1(CNCC)CCC(CC)CC1. The third kappa shape index (κ3) is 4.89. The van der Waals surface area contributed by atoms with Crippen LogP contribution in [0.2, 0.25) is 0 Å². The minimum atomic E-state index is 0.121. The minimum Gasteiger partial charge on any atom is -0.371 e. The zero-order chi connectivity index (χ0) is 13.4. The van der Waals surface area contributed by atoms with E-state index in [-0.39, 0.29) is 5.60 Å². The molecule has 18 heavy (non-hydrogen) atoms. The average Bonchev–Trinajstić information content (AvgIpc) is 2.38. The quantitative estimate of drug-likeness (QED) is 0.704. The summed E-state index contributed by atoms with van der Waals surface area (Å²) in [5.74, 6) is 0.935. The second kappa shape index (κ2) is 8.16. The number of rotatable bonds is 8. The lowest BCUT2D eigenvalue weighted by Gasteiger charge is -2.42. The van der Waals surface area contributed by atoms with Gasteiger partial charge in [-0.15, -0.1) is 0 Å². The Morgan fingerprint density at radius 3 is 2.39 bits per heavy atom. The van der Waals surface area contributed by atoms with Gasteiger partial charge >= 0.3 is 0 Å². The summed E-state index contributed by atoms with van der Waals surface area (Å²) in [6.45, 7) is 11.1. The van der Waals surface area contributed by atoms with Crippen LogP contribution in [0.1, 0.15) is 72.6 Å². The Morgan fingerprint density at radius 1 is 1.22 bits per heavy atom. The van der Waals surface area contributed by atoms with Gasteiger partial charge in [-0.3, -0.25) is 0 Å². The van der Waals surface area contributed by atoms with Crippen LogP contribution in [-0.2, 0) is 4.74 Å². The van der Waals surface area contributed by atoms with Crippen molar-refractivity contribution >= 4 is 0 Å². The summed E-state index contributed by atoms with van der Waals surface area (Å²) in [7, 11) is 0. The number of likely N-dealkylation sites (N-methyl/N-ethyl adjacent to an activating group) is 1. The molecule has 0 heterocycles. The van der Waals surface area contributed by atoms with E-state index >= 15 is 0 Å². The van der Waals surface area contributed by atoms with Crippen molar-refractivity contribution in [3.05, 3.63) is 0 Å². The molecule has 0 radical (unpaired) electrons. The largest absolute Gasteiger partial charge is 0.371 e. The van der Waals surface area contributed by atoms with E-state index in [1.165, 1.54) is 44.9 Å². The average molecular weight is 255 g/mol. The Morgan fingerprint density at radius 2 is 1.89 bits per heavy atom. The third-order valence-corrected chi connectivity index (χ3v) is 4.44. The van der Waals surface area contributed by atoms with Crippen molar-refractivity contribution in [1.29, 1.82) is 0 Å². The highest BCUT2D eigenvalue weighted by molar-refractivity contribution is 4.89. The smallest absolute Gasteiger partial charge is 0.0810 e. The molecule has 1 saturated carbocycles. The normalized spacial score (nSPS) is 30.3. The van der Waals surface area contributed by atoms with E-state index in [1.807, 2.05) is 0 Å². The van der Waals surface area contributed by atoms with Gasteiger partial charge in [0, 0.05) is 6.54 Å². The molecule has 1 N–H and O–H groups in total. The fourth-order valence-corrected chi connectivity index (χ4v) is 3.19. The molecular weight excluding hydrogens is 222 g/mol. The van der Waals surface area contributed by atoms with E-state index < -0.39 is 0 Å². The molecule has 0 aliphatic heterocycles. The molecule has 0 spiro atoms. The van der Waals surface area contributed by atoms with E-state index in [0.717, 1.165) is 19.0 Å². The Labute approximate surface area is 114 Å². The molecule has 108 valence electrons. The predicted octanol–water partition coefficient (Wildman–Crippen LogP) is 4.14. The Kier molecular flexibility index (Phi) is 7.25. The summed E-state index contributed by atoms with van der Waals surface area (Å²) in [6, 6.07) is 0. The molecule has 1 aliphatic carbocycles. The van der Waals surface area contributed by atoms with Gasteiger partial charge < -0.3 is 10.1 Å². The van der Waals surface area contributed by atoms with E-state index in [4.69, 9.17) is 4.74 Å². The van der Waals surface area contributed by atoms with Crippen molar-refractivity contribution < 1.29 is 4.74 Å². The molecule has 1 fully saturated rings. The number of hydrogen-bond acceptors (Lipinski definition) is 2. The molecule has 0 aromatic heterocycles. The fraction of sp³-hybridized carbons (Fsp3) is 1.00. The van der Waals surface area contributed by atoms with Crippen molar-refractivity contribution in [2.45, 2.75) is 84.3 Å². The van der Waals surface area contributed by atoms with E-state index in [0.29, 0.717) is 6.10 Å². The van der Waals surface area contributed by atoms with Gasteiger partial charge in [0.1, 0.15) is 0 Å². The van der Waals surface area contributed by atoms with Gasteiger partial charge in [0.25, 0.3) is 0 Å². The van der Waals surface area contributed by atoms with E-state index in [1.54, 1.807) is 0 Å². The van der Waals surface area contributed by atoms with Crippen LogP contribution in [0.3, 0.4) is 0 Å². The monoisotopic (exact) mass is 255 g/mol. The molecule has 1 atom stereocenters. The Hall–Kier alpha value is -0.0800. The van der Waals surface area contributed by atoms with Gasteiger partial charge in [-0.1, -0.05) is 33.6 Å². The number of hydrogen-bond donors (Lipinski definition) is 1. The van der Waals surface area contributed by atoms with Crippen LogP contribution in [-0.4, -0.2) is 24.8 Å². The first-order valence-electron chi connectivity index (χ1n) is 8.04. The first-order valence-corrected chi connectivity index (χ1v) is 8.04. The number of ether oxygens (including phenoxy) is 1. The zero-order valence-corrected chi connectivity index (χ0v) is 12.9. The van der Waals surface area contributed by atoms with Crippen LogP contribution in [0.5, 0.6) is 0 Å². The summed E-state index contributed by atoms with van der Waals surface area (Å²) in [4.78, 5) is 0. The maximum atomic E-state index is 6.45. The highest BCUT2D eigenvalue weighted by Crippen LogP contribution is 2.37. The van der Waals surface area contributed by atoms with Crippen molar-refractivity contribution in [3.8, 4) is 0 Å². The number of nitrogens with one attached hydrogen (secondary N) is 1. The molecule has 2 heteroatoms. The van der Waals surface area contributed by atoms with Crippen LogP contribution < -0.4 is 5.32 Å². The summed E-state index contributed by atoms with van der Waals surface area (Å²) in [6.07, 6.45) is 9.33. The van der Waals surface area contributed by atoms with Gasteiger partial charge in [-0.05, 0) is 51.5 Å². The van der Waals surface area contributed by atoms with Crippen LogP contribution in [0.25, 0.3) is 0 Å². The van der Waals surface area contributed by atoms with Crippen molar-refractivity contribution in [2.24, 2.45) is 5.92 Å².